The highest BCUT2D eigenvalue weighted by Gasteiger charge is 2.23. The van der Waals surface area contributed by atoms with Crippen molar-refractivity contribution in [2.75, 3.05) is 20.6 Å². The van der Waals surface area contributed by atoms with Crippen LogP contribution in [0.3, 0.4) is 0 Å². The van der Waals surface area contributed by atoms with E-state index in [-0.39, 0.29) is 21.8 Å². The fourth-order valence-electron chi connectivity index (χ4n) is 1.84. The number of rotatable bonds is 7. The predicted octanol–water partition coefficient (Wildman–Crippen LogP) is 1.19. The number of nitrogens with one attached hydrogen (secondary N) is 1. The van der Waals surface area contributed by atoms with E-state index < -0.39 is 10.0 Å². The normalized spacial score (nSPS) is 13.6. The largest absolute Gasteiger partial charge is 0.389 e. The van der Waals surface area contributed by atoms with Crippen molar-refractivity contribution in [3.05, 3.63) is 29.8 Å². The van der Waals surface area contributed by atoms with Crippen LogP contribution < -0.4 is 10.5 Å². The van der Waals surface area contributed by atoms with Crippen molar-refractivity contribution in [1.29, 1.82) is 0 Å². The molecule has 0 radical (unpaired) electrons. The lowest BCUT2D eigenvalue weighted by Crippen LogP contribution is -2.44. The summed E-state index contributed by atoms with van der Waals surface area (Å²) in [6, 6.07) is 6.12. The summed E-state index contributed by atoms with van der Waals surface area (Å²) in [7, 11) is 0.281. The summed E-state index contributed by atoms with van der Waals surface area (Å²) in [6.07, 6.45) is 0. The van der Waals surface area contributed by atoms with E-state index in [4.69, 9.17) is 18.0 Å². The minimum atomic E-state index is -3.55. The Morgan fingerprint density at radius 2 is 1.81 bits per heavy atom. The average Bonchev–Trinajstić information content (AvgIpc) is 2.37. The Bertz CT molecular complexity index is 581. The zero-order valence-corrected chi connectivity index (χ0v) is 14.5. The number of sulfonamides is 1. The van der Waals surface area contributed by atoms with Crippen molar-refractivity contribution < 1.29 is 8.42 Å². The van der Waals surface area contributed by atoms with Gasteiger partial charge in [0.15, 0.2) is 0 Å². The van der Waals surface area contributed by atoms with Gasteiger partial charge in [-0.15, -0.1) is 0 Å². The third-order valence-corrected chi connectivity index (χ3v) is 4.86. The van der Waals surface area contributed by atoms with Crippen LogP contribution in [0.1, 0.15) is 19.4 Å². The highest BCUT2D eigenvalue weighted by molar-refractivity contribution is 7.89. The number of nitrogens with two attached hydrogens (primary N) is 1. The van der Waals surface area contributed by atoms with Gasteiger partial charge < -0.3 is 10.6 Å². The highest BCUT2D eigenvalue weighted by atomic mass is 32.2. The summed E-state index contributed by atoms with van der Waals surface area (Å²) in [5, 5.41) is 0. The zero-order chi connectivity index (χ0) is 16.2. The summed E-state index contributed by atoms with van der Waals surface area (Å²) < 4.78 is 27.6. The van der Waals surface area contributed by atoms with Gasteiger partial charge in [0.1, 0.15) is 4.99 Å². The number of hydrogen-bond donors (Lipinski definition) is 2. The van der Waals surface area contributed by atoms with Gasteiger partial charge in [0.2, 0.25) is 10.0 Å². The molecule has 1 unspecified atom stereocenters. The van der Waals surface area contributed by atoms with E-state index in [9.17, 15) is 8.42 Å². The summed E-state index contributed by atoms with van der Waals surface area (Å²) >= 11 is 4.86. The Morgan fingerprint density at radius 3 is 2.19 bits per heavy atom. The molecular weight excluding hydrogens is 306 g/mol. The van der Waals surface area contributed by atoms with E-state index >= 15 is 0 Å². The Hall–Kier alpha value is -1.02. The molecule has 0 saturated carbocycles. The molecule has 1 atom stereocenters. The lowest BCUT2D eigenvalue weighted by molar-refractivity contribution is 0.314. The lowest BCUT2D eigenvalue weighted by Gasteiger charge is -2.25. The Labute approximate surface area is 132 Å². The minimum Gasteiger partial charge on any atom is -0.389 e. The van der Waals surface area contributed by atoms with E-state index in [1.165, 1.54) is 12.1 Å². The lowest BCUT2D eigenvalue weighted by atomic mass is 10.1. The number of thiocarbonyl (C=S) groups is 1. The SMILES string of the molecule is CC(C)C(CN(C)C)NS(=O)(=O)c1ccc(C(N)=S)cc1. The van der Waals surface area contributed by atoms with Gasteiger partial charge in [-0.1, -0.05) is 38.2 Å². The third-order valence-electron chi connectivity index (χ3n) is 3.12. The smallest absolute Gasteiger partial charge is 0.240 e. The van der Waals surface area contributed by atoms with Crippen LogP contribution in [0.2, 0.25) is 0 Å². The Kier molecular flexibility index (Phi) is 6.27. The van der Waals surface area contributed by atoms with Crippen LogP contribution in [0, 0.1) is 5.92 Å². The molecule has 21 heavy (non-hydrogen) atoms. The molecule has 0 heterocycles. The molecule has 1 rings (SSSR count). The van der Waals surface area contributed by atoms with Crippen molar-refractivity contribution in [3.8, 4) is 0 Å². The predicted molar refractivity (Wildman–Crippen MR) is 89.8 cm³/mol. The van der Waals surface area contributed by atoms with Gasteiger partial charge in [0.25, 0.3) is 0 Å². The second-order valence-electron chi connectivity index (χ2n) is 5.62. The van der Waals surface area contributed by atoms with Crippen molar-refractivity contribution in [1.82, 2.24) is 9.62 Å². The molecule has 118 valence electrons. The molecule has 0 aliphatic rings. The van der Waals surface area contributed by atoms with Crippen LogP contribution in [0.15, 0.2) is 29.2 Å². The maximum atomic E-state index is 12.4. The number of likely N-dealkylation sites (N-methyl/N-ethyl adjacent to an activating group) is 1. The maximum Gasteiger partial charge on any atom is 0.240 e. The first-order valence-corrected chi connectivity index (χ1v) is 8.59. The van der Waals surface area contributed by atoms with E-state index in [0.717, 1.165) is 0 Å². The van der Waals surface area contributed by atoms with Gasteiger partial charge in [-0.05, 0) is 32.1 Å². The maximum absolute atomic E-state index is 12.4. The first-order valence-electron chi connectivity index (χ1n) is 6.70. The quantitative estimate of drug-likeness (QED) is 0.735. The molecule has 5 nitrogen and oxygen atoms in total. The molecule has 7 heteroatoms. The molecule has 0 amide bonds. The second-order valence-corrected chi connectivity index (χ2v) is 7.78. The number of hydrogen-bond acceptors (Lipinski definition) is 4. The molecule has 1 aromatic rings. The van der Waals surface area contributed by atoms with Crippen molar-refractivity contribution in [2.24, 2.45) is 11.7 Å². The van der Waals surface area contributed by atoms with Crippen LogP contribution in [-0.2, 0) is 10.0 Å². The van der Waals surface area contributed by atoms with Gasteiger partial charge in [-0.25, -0.2) is 13.1 Å². The molecule has 0 aliphatic carbocycles. The minimum absolute atomic E-state index is 0.153. The molecule has 3 N–H and O–H groups in total. The molecule has 0 fully saturated rings. The molecule has 0 saturated heterocycles. The fourth-order valence-corrected chi connectivity index (χ4v) is 3.36. The van der Waals surface area contributed by atoms with Crippen LogP contribution in [-0.4, -0.2) is 45.0 Å². The van der Waals surface area contributed by atoms with E-state index in [1.807, 2.05) is 32.8 Å². The molecule has 0 bridgehead atoms. The topological polar surface area (TPSA) is 75.4 Å². The molecule has 0 aliphatic heterocycles. The first kappa shape index (κ1) is 18.0. The van der Waals surface area contributed by atoms with Crippen molar-refractivity contribution in [2.45, 2.75) is 24.8 Å². The van der Waals surface area contributed by atoms with Gasteiger partial charge >= 0.3 is 0 Å². The average molecular weight is 329 g/mol. The number of benzene rings is 1. The van der Waals surface area contributed by atoms with E-state index in [1.54, 1.807) is 12.1 Å². The molecule has 1 aromatic carbocycles. The van der Waals surface area contributed by atoms with Gasteiger partial charge in [-0.3, -0.25) is 0 Å². The first-order chi connectivity index (χ1) is 9.63. The van der Waals surface area contributed by atoms with Crippen LogP contribution >= 0.6 is 12.2 Å². The van der Waals surface area contributed by atoms with Crippen molar-refractivity contribution >= 4 is 27.2 Å². The molecule has 0 aromatic heterocycles. The van der Waals surface area contributed by atoms with Gasteiger partial charge in [-0.2, -0.15) is 0 Å². The standard InChI is InChI=1S/C14H23N3O2S2/c1-10(2)13(9-17(3)4)16-21(18,19)12-7-5-11(6-8-12)14(15)20/h5-8,10,13,16H,9H2,1-4H3,(H2,15,20). The van der Waals surface area contributed by atoms with Gasteiger partial charge in [0, 0.05) is 18.2 Å². The summed E-state index contributed by atoms with van der Waals surface area (Å²) in [5.74, 6) is 0.193. The highest BCUT2D eigenvalue weighted by Crippen LogP contribution is 2.13. The molecule has 0 spiro atoms. The Balaban J connectivity index is 2.96. The summed E-state index contributed by atoms with van der Waals surface area (Å²) in [4.78, 5) is 2.43. The molecular formula is C14H23N3O2S2. The monoisotopic (exact) mass is 329 g/mol. The number of nitrogens with zero attached hydrogens (tertiary/aromatic N) is 1. The van der Waals surface area contributed by atoms with E-state index in [0.29, 0.717) is 12.1 Å². The Morgan fingerprint density at radius 1 is 1.29 bits per heavy atom. The third kappa shape index (κ3) is 5.35. The van der Waals surface area contributed by atoms with Crippen LogP contribution in [0.5, 0.6) is 0 Å². The van der Waals surface area contributed by atoms with Crippen molar-refractivity contribution in [3.63, 3.8) is 0 Å². The zero-order valence-electron chi connectivity index (χ0n) is 12.8. The van der Waals surface area contributed by atoms with Gasteiger partial charge in [0.05, 0.1) is 4.90 Å². The van der Waals surface area contributed by atoms with E-state index in [2.05, 4.69) is 4.72 Å². The summed E-state index contributed by atoms with van der Waals surface area (Å²) in [5.41, 5.74) is 6.16. The second kappa shape index (κ2) is 7.31. The fraction of sp³-hybridized carbons (Fsp3) is 0.500. The van der Waals surface area contributed by atoms with Crippen LogP contribution in [0.25, 0.3) is 0 Å². The van der Waals surface area contributed by atoms with Crippen LogP contribution in [0.4, 0.5) is 0 Å². The summed E-state index contributed by atoms with van der Waals surface area (Å²) in [6.45, 7) is 4.63.